The lowest BCUT2D eigenvalue weighted by Crippen LogP contribution is -2.46. The van der Waals surface area contributed by atoms with E-state index in [-0.39, 0.29) is 41.5 Å². The van der Waals surface area contributed by atoms with Crippen molar-refractivity contribution in [1.82, 2.24) is 15.5 Å². The first-order valence-corrected chi connectivity index (χ1v) is 9.84. The smallest absolute Gasteiger partial charge is 0.191 e. The molecule has 1 heterocycles. The van der Waals surface area contributed by atoms with Gasteiger partial charge in [0, 0.05) is 48.7 Å². The first-order valence-electron chi connectivity index (χ1n) is 9.84. The zero-order chi connectivity index (χ0) is 18.3. The summed E-state index contributed by atoms with van der Waals surface area (Å²) < 4.78 is 28.0. The third kappa shape index (κ3) is 4.72. The van der Waals surface area contributed by atoms with E-state index >= 15 is 0 Å². The van der Waals surface area contributed by atoms with Crippen LogP contribution in [0, 0.1) is 11.6 Å². The van der Waals surface area contributed by atoms with Crippen LogP contribution in [-0.2, 0) is 0 Å². The zero-order valence-electron chi connectivity index (χ0n) is 15.9. The van der Waals surface area contributed by atoms with Crippen LogP contribution in [0.4, 0.5) is 8.78 Å². The van der Waals surface area contributed by atoms with Crippen LogP contribution in [-0.4, -0.2) is 48.1 Å². The molecule has 4 atom stereocenters. The second-order valence-electron chi connectivity index (χ2n) is 7.91. The van der Waals surface area contributed by atoms with Crippen molar-refractivity contribution in [3.05, 3.63) is 35.4 Å². The summed E-state index contributed by atoms with van der Waals surface area (Å²) in [4.78, 5) is 7.13. The highest BCUT2D eigenvalue weighted by Gasteiger charge is 2.43. The third-order valence-corrected chi connectivity index (χ3v) is 5.78. The van der Waals surface area contributed by atoms with Gasteiger partial charge in [0.2, 0.25) is 0 Å². The van der Waals surface area contributed by atoms with Crippen molar-refractivity contribution in [1.29, 1.82) is 0 Å². The highest BCUT2D eigenvalue weighted by Crippen LogP contribution is 2.43. The Kier molecular flexibility index (Phi) is 6.61. The number of hydrogen-bond acceptors (Lipinski definition) is 2. The van der Waals surface area contributed by atoms with Crippen molar-refractivity contribution >= 4 is 29.9 Å². The molecule has 2 saturated carbocycles. The summed E-state index contributed by atoms with van der Waals surface area (Å²) in [5.41, 5.74) is 0.204. The number of nitrogens with one attached hydrogen (secondary N) is 2. The predicted molar refractivity (Wildman–Crippen MR) is 115 cm³/mol. The Hall–Kier alpha value is -0.960. The van der Waals surface area contributed by atoms with Gasteiger partial charge in [0.05, 0.1) is 0 Å². The highest BCUT2D eigenvalue weighted by atomic mass is 127. The fraction of sp³-hybridized carbons (Fsp3) is 0.650. The second-order valence-corrected chi connectivity index (χ2v) is 7.91. The minimum Gasteiger partial charge on any atom is -0.353 e. The Morgan fingerprint density at radius 2 is 1.89 bits per heavy atom. The van der Waals surface area contributed by atoms with Gasteiger partial charge in [-0.05, 0) is 51.7 Å². The summed E-state index contributed by atoms with van der Waals surface area (Å²) >= 11 is 0. The van der Waals surface area contributed by atoms with Gasteiger partial charge in [-0.1, -0.05) is 6.07 Å². The standard InChI is InChI=1S/C20H28F2N4.HI/c1-3-23-20(24-13-9-12(2)26(11-13)14-7-8-14)25-18-10-15(18)19-16(21)5-4-6-17(19)22;/h4-6,12-15,18H,3,7-11H2,1-2H3,(H2,23,24,25);1H. The summed E-state index contributed by atoms with van der Waals surface area (Å²) in [5, 5.41) is 6.93. The maximum Gasteiger partial charge on any atom is 0.191 e. The first-order chi connectivity index (χ1) is 12.6. The van der Waals surface area contributed by atoms with E-state index in [0.717, 1.165) is 31.4 Å². The lowest BCUT2D eigenvalue weighted by atomic mass is 10.1. The van der Waals surface area contributed by atoms with Crippen molar-refractivity contribution in [2.24, 2.45) is 4.99 Å². The van der Waals surface area contributed by atoms with Crippen LogP contribution in [0.15, 0.2) is 23.2 Å². The van der Waals surface area contributed by atoms with E-state index in [0.29, 0.717) is 18.6 Å². The number of likely N-dealkylation sites (tertiary alicyclic amines) is 1. The minimum absolute atomic E-state index is 0. The quantitative estimate of drug-likeness (QED) is 0.377. The molecule has 3 fully saturated rings. The summed E-state index contributed by atoms with van der Waals surface area (Å²) in [6, 6.07) is 5.87. The van der Waals surface area contributed by atoms with Crippen LogP contribution in [0.25, 0.3) is 0 Å². The fourth-order valence-electron chi connectivity index (χ4n) is 4.27. The monoisotopic (exact) mass is 490 g/mol. The van der Waals surface area contributed by atoms with Crippen molar-refractivity contribution in [2.75, 3.05) is 13.1 Å². The lowest BCUT2D eigenvalue weighted by molar-refractivity contribution is 0.256. The average Bonchev–Trinajstić information content (AvgIpc) is 3.49. The van der Waals surface area contributed by atoms with Gasteiger partial charge in [-0.3, -0.25) is 9.89 Å². The van der Waals surface area contributed by atoms with E-state index in [4.69, 9.17) is 0 Å². The van der Waals surface area contributed by atoms with Gasteiger partial charge in [-0.15, -0.1) is 24.0 Å². The molecule has 0 aromatic heterocycles. The molecular weight excluding hydrogens is 461 g/mol. The number of rotatable bonds is 5. The lowest BCUT2D eigenvalue weighted by Gasteiger charge is -2.20. The van der Waals surface area contributed by atoms with Crippen molar-refractivity contribution < 1.29 is 8.78 Å². The normalized spacial score (nSPS) is 30.7. The van der Waals surface area contributed by atoms with E-state index in [1.807, 2.05) is 6.92 Å². The van der Waals surface area contributed by atoms with Crippen molar-refractivity contribution in [3.8, 4) is 0 Å². The zero-order valence-corrected chi connectivity index (χ0v) is 18.3. The van der Waals surface area contributed by atoms with E-state index in [9.17, 15) is 8.78 Å². The van der Waals surface area contributed by atoms with Gasteiger partial charge in [0.15, 0.2) is 5.96 Å². The van der Waals surface area contributed by atoms with Crippen molar-refractivity contribution in [3.63, 3.8) is 0 Å². The van der Waals surface area contributed by atoms with E-state index in [1.54, 1.807) is 0 Å². The Morgan fingerprint density at radius 1 is 1.19 bits per heavy atom. The molecule has 27 heavy (non-hydrogen) atoms. The predicted octanol–water partition coefficient (Wildman–Crippen LogP) is 3.62. The van der Waals surface area contributed by atoms with Gasteiger partial charge >= 0.3 is 0 Å². The number of benzene rings is 1. The molecule has 0 radical (unpaired) electrons. The molecule has 150 valence electrons. The molecule has 1 aliphatic heterocycles. The van der Waals surface area contributed by atoms with Crippen LogP contribution < -0.4 is 10.6 Å². The molecule has 2 N–H and O–H groups in total. The number of nitrogens with zero attached hydrogens (tertiary/aromatic N) is 2. The SMILES string of the molecule is CCN=C(NC1CC(C)N(C2CC2)C1)NC1CC1c1c(F)cccc1F.I. The summed E-state index contributed by atoms with van der Waals surface area (Å²) in [5.74, 6) is -0.256. The summed E-state index contributed by atoms with van der Waals surface area (Å²) in [7, 11) is 0. The average molecular weight is 490 g/mol. The number of hydrogen-bond donors (Lipinski definition) is 2. The summed E-state index contributed by atoms with van der Waals surface area (Å²) in [6.45, 7) is 6.02. The Balaban J connectivity index is 0.00000210. The molecule has 1 aromatic rings. The maximum atomic E-state index is 14.0. The van der Waals surface area contributed by atoms with Crippen LogP contribution in [0.5, 0.6) is 0 Å². The van der Waals surface area contributed by atoms with Gasteiger partial charge in [0.1, 0.15) is 11.6 Å². The fourth-order valence-corrected chi connectivity index (χ4v) is 4.27. The van der Waals surface area contributed by atoms with E-state index in [2.05, 4.69) is 27.4 Å². The molecule has 3 aliphatic rings. The number of aliphatic imine (C=N–C) groups is 1. The van der Waals surface area contributed by atoms with Crippen LogP contribution in [0.1, 0.15) is 51.0 Å². The molecule has 1 aromatic carbocycles. The van der Waals surface area contributed by atoms with Crippen LogP contribution in [0.3, 0.4) is 0 Å². The highest BCUT2D eigenvalue weighted by molar-refractivity contribution is 14.0. The number of guanidine groups is 1. The van der Waals surface area contributed by atoms with Gasteiger partial charge < -0.3 is 10.6 Å². The first kappa shape index (κ1) is 20.8. The molecule has 1 saturated heterocycles. The molecule has 4 rings (SSSR count). The molecule has 4 nitrogen and oxygen atoms in total. The Bertz CT molecular complexity index is 674. The molecule has 4 unspecified atom stereocenters. The summed E-state index contributed by atoms with van der Waals surface area (Å²) in [6.07, 6.45) is 4.49. The van der Waals surface area contributed by atoms with Gasteiger partial charge in [-0.25, -0.2) is 8.78 Å². The number of halogens is 3. The minimum atomic E-state index is -0.453. The molecule has 0 bridgehead atoms. The van der Waals surface area contributed by atoms with Gasteiger partial charge in [-0.2, -0.15) is 0 Å². The molecule has 2 aliphatic carbocycles. The Labute approximate surface area is 177 Å². The molecule has 0 spiro atoms. The topological polar surface area (TPSA) is 39.7 Å². The largest absolute Gasteiger partial charge is 0.353 e. The van der Waals surface area contributed by atoms with Crippen LogP contribution in [0.2, 0.25) is 0 Å². The maximum absolute atomic E-state index is 14.0. The van der Waals surface area contributed by atoms with Crippen LogP contribution >= 0.6 is 24.0 Å². The van der Waals surface area contributed by atoms with E-state index < -0.39 is 11.6 Å². The Morgan fingerprint density at radius 3 is 2.52 bits per heavy atom. The third-order valence-electron chi connectivity index (χ3n) is 5.78. The van der Waals surface area contributed by atoms with E-state index in [1.165, 1.54) is 31.0 Å². The molecule has 0 amide bonds. The van der Waals surface area contributed by atoms with Gasteiger partial charge in [0.25, 0.3) is 0 Å². The second kappa shape index (κ2) is 8.59. The van der Waals surface area contributed by atoms with Crippen molar-refractivity contribution in [2.45, 2.75) is 69.6 Å². The molecular formula is C20H29F2IN4. The molecule has 7 heteroatoms.